The van der Waals surface area contributed by atoms with Gasteiger partial charge in [0.25, 0.3) is 0 Å². The van der Waals surface area contributed by atoms with Crippen molar-refractivity contribution >= 4 is 55.6 Å². The van der Waals surface area contributed by atoms with Gasteiger partial charge in [0.15, 0.2) is 5.78 Å². The van der Waals surface area contributed by atoms with E-state index in [4.69, 9.17) is 4.42 Å². The van der Waals surface area contributed by atoms with Gasteiger partial charge in [-0.25, -0.2) is 0 Å². The highest BCUT2D eigenvalue weighted by atomic mass is 16.3. The summed E-state index contributed by atoms with van der Waals surface area (Å²) >= 11 is 0. The van der Waals surface area contributed by atoms with Gasteiger partial charge in [-0.05, 0) is 103 Å². The molecule has 62 heavy (non-hydrogen) atoms. The van der Waals surface area contributed by atoms with Gasteiger partial charge >= 0.3 is 0 Å². The molecule has 0 unspecified atom stereocenters. The van der Waals surface area contributed by atoms with E-state index >= 15 is 0 Å². The van der Waals surface area contributed by atoms with E-state index in [9.17, 15) is 4.79 Å². The van der Waals surface area contributed by atoms with Crippen LogP contribution in [0.15, 0.2) is 229 Å². The Morgan fingerprint density at radius 1 is 0.323 bits per heavy atom. The fourth-order valence-electron chi connectivity index (χ4n) is 9.46. The second-order valence-electron chi connectivity index (χ2n) is 16.0. The van der Waals surface area contributed by atoms with Crippen LogP contribution in [0.4, 0.5) is 17.1 Å². The Labute approximate surface area is 359 Å². The number of hydrogen-bond acceptors (Lipinski definition) is 3. The van der Waals surface area contributed by atoms with Crippen LogP contribution in [0.25, 0.3) is 88.3 Å². The number of hydrogen-bond donors (Lipinski definition) is 0. The molecule has 0 radical (unpaired) electrons. The summed E-state index contributed by atoms with van der Waals surface area (Å²) < 4.78 is 6.43. The maximum atomic E-state index is 13.9. The summed E-state index contributed by atoms with van der Waals surface area (Å²) in [6.07, 6.45) is 0. The lowest BCUT2D eigenvalue weighted by atomic mass is 9.94. The molecular formula is C59H37NO2. The Kier molecular flexibility index (Phi) is 8.32. The quantitative estimate of drug-likeness (QED) is 0.161. The van der Waals surface area contributed by atoms with Crippen molar-refractivity contribution in [1.29, 1.82) is 0 Å². The van der Waals surface area contributed by atoms with Gasteiger partial charge in [0.05, 0.1) is 0 Å². The summed E-state index contributed by atoms with van der Waals surface area (Å²) in [5, 5.41) is 4.72. The van der Waals surface area contributed by atoms with Crippen LogP contribution >= 0.6 is 0 Å². The molecule has 0 saturated carbocycles. The van der Waals surface area contributed by atoms with Crippen LogP contribution in [-0.2, 0) is 0 Å². The SMILES string of the molecule is O=C1c2ccccc2-c2cccc(-c3cccc(N(c4ccc(-c5ccc(-c6cccc7ccccc67)cc5)cc4)c4ccc(-c5cccc6c5oc5ccccc56)cc4)c3)c21. The summed E-state index contributed by atoms with van der Waals surface area (Å²) in [5.74, 6) is 0.0734. The van der Waals surface area contributed by atoms with E-state index in [0.29, 0.717) is 0 Å². The highest BCUT2D eigenvalue weighted by molar-refractivity contribution is 6.24. The molecule has 11 aromatic rings. The smallest absolute Gasteiger partial charge is 0.194 e. The molecule has 0 spiro atoms. The number of anilines is 3. The number of para-hydroxylation sites is 2. The molecule has 0 amide bonds. The van der Waals surface area contributed by atoms with E-state index in [0.717, 1.165) is 94.6 Å². The molecule has 0 N–H and O–H groups in total. The highest BCUT2D eigenvalue weighted by Crippen LogP contribution is 2.44. The lowest BCUT2D eigenvalue weighted by Gasteiger charge is -2.26. The molecule has 290 valence electrons. The number of carbonyl (C=O) groups excluding carboxylic acids is 1. The molecule has 1 heterocycles. The lowest BCUT2D eigenvalue weighted by Crippen LogP contribution is -2.10. The van der Waals surface area contributed by atoms with Gasteiger partial charge in [0.2, 0.25) is 0 Å². The fourth-order valence-corrected chi connectivity index (χ4v) is 9.46. The van der Waals surface area contributed by atoms with Crippen LogP contribution in [0.2, 0.25) is 0 Å². The van der Waals surface area contributed by atoms with Crippen molar-refractivity contribution in [2.24, 2.45) is 0 Å². The van der Waals surface area contributed by atoms with Crippen molar-refractivity contribution in [2.75, 3.05) is 4.90 Å². The van der Waals surface area contributed by atoms with Crippen LogP contribution < -0.4 is 4.90 Å². The van der Waals surface area contributed by atoms with Crippen molar-refractivity contribution in [3.63, 3.8) is 0 Å². The predicted octanol–water partition coefficient (Wildman–Crippen LogP) is 16.1. The molecule has 0 bridgehead atoms. The summed E-state index contributed by atoms with van der Waals surface area (Å²) in [6.45, 7) is 0. The number of fused-ring (bicyclic) bond motifs is 7. The van der Waals surface area contributed by atoms with Crippen LogP contribution in [-0.4, -0.2) is 5.78 Å². The van der Waals surface area contributed by atoms with E-state index in [1.807, 2.05) is 36.4 Å². The number of furan rings is 1. The maximum absolute atomic E-state index is 13.9. The van der Waals surface area contributed by atoms with Gasteiger partial charge in [0.1, 0.15) is 11.2 Å². The largest absolute Gasteiger partial charge is 0.455 e. The predicted molar refractivity (Wildman–Crippen MR) is 257 cm³/mol. The minimum absolute atomic E-state index is 0.0734. The number of rotatable bonds is 7. The zero-order valence-electron chi connectivity index (χ0n) is 33.6. The Morgan fingerprint density at radius 3 is 1.65 bits per heavy atom. The Balaban J connectivity index is 0.935. The summed E-state index contributed by atoms with van der Waals surface area (Å²) in [7, 11) is 0. The average molecular weight is 792 g/mol. The number of benzene rings is 10. The van der Waals surface area contributed by atoms with Crippen LogP contribution in [0.1, 0.15) is 15.9 Å². The molecule has 0 saturated heterocycles. The van der Waals surface area contributed by atoms with Crippen molar-refractivity contribution in [3.8, 4) is 55.6 Å². The topological polar surface area (TPSA) is 33.5 Å². The lowest BCUT2D eigenvalue weighted by molar-refractivity contribution is 0.104. The highest BCUT2D eigenvalue weighted by Gasteiger charge is 2.29. The third-order valence-corrected chi connectivity index (χ3v) is 12.5. The zero-order valence-corrected chi connectivity index (χ0v) is 33.6. The second-order valence-corrected chi connectivity index (χ2v) is 16.0. The minimum atomic E-state index is 0.0734. The summed E-state index contributed by atoms with van der Waals surface area (Å²) in [5.41, 5.74) is 17.1. The first-order chi connectivity index (χ1) is 30.7. The maximum Gasteiger partial charge on any atom is 0.194 e. The van der Waals surface area contributed by atoms with E-state index < -0.39 is 0 Å². The first-order valence-electron chi connectivity index (χ1n) is 21.0. The Morgan fingerprint density at radius 2 is 0.839 bits per heavy atom. The van der Waals surface area contributed by atoms with Crippen molar-refractivity contribution < 1.29 is 9.21 Å². The van der Waals surface area contributed by atoms with E-state index in [2.05, 4.69) is 193 Å². The van der Waals surface area contributed by atoms with E-state index in [1.165, 1.54) is 21.9 Å². The molecular weight excluding hydrogens is 755 g/mol. The Bertz CT molecular complexity index is 3520. The molecule has 1 aliphatic rings. The first-order valence-corrected chi connectivity index (χ1v) is 21.0. The van der Waals surface area contributed by atoms with Crippen LogP contribution in [0.5, 0.6) is 0 Å². The fraction of sp³-hybridized carbons (Fsp3) is 0. The third kappa shape index (κ3) is 5.86. The molecule has 1 aromatic heterocycles. The molecule has 12 rings (SSSR count). The number of carbonyl (C=O) groups is 1. The monoisotopic (exact) mass is 791 g/mol. The summed E-state index contributed by atoms with van der Waals surface area (Å²) in [4.78, 5) is 16.2. The second kappa shape index (κ2) is 14.5. The van der Waals surface area contributed by atoms with E-state index in [-0.39, 0.29) is 5.78 Å². The molecule has 0 atom stereocenters. The summed E-state index contributed by atoms with van der Waals surface area (Å²) in [6, 6.07) is 78.7. The molecule has 1 aliphatic carbocycles. The average Bonchev–Trinajstić information content (AvgIpc) is 3.87. The van der Waals surface area contributed by atoms with Gasteiger partial charge in [-0.1, -0.05) is 182 Å². The number of ketones is 1. The van der Waals surface area contributed by atoms with Crippen molar-refractivity contribution in [1.82, 2.24) is 0 Å². The standard InChI is InChI=1S/C59H37NO2/c61-58-54-18-4-3-16-51(54)53-22-9-20-49(57(53)58)43-13-7-14-46(37-43)60(45-35-31-42(32-36-45)50-21-10-23-55-52-17-5-6-24-56(52)62-59(50)55)44-33-29-39(30-34-44)38-25-27-41(28-26-38)48-19-8-12-40-11-1-2-15-47(40)48/h1-37H. The van der Waals surface area contributed by atoms with Gasteiger partial charge in [-0.3, -0.25) is 4.79 Å². The number of nitrogens with zero attached hydrogens (tertiary/aromatic N) is 1. The minimum Gasteiger partial charge on any atom is -0.455 e. The van der Waals surface area contributed by atoms with Crippen LogP contribution in [0, 0.1) is 0 Å². The molecule has 0 fully saturated rings. The van der Waals surface area contributed by atoms with Gasteiger partial charge in [0, 0.05) is 44.5 Å². The van der Waals surface area contributed by atoms with Crippen molar-refractivity contribution in [2.45, 2.75) is 0 Å². The molecule has 3 heteroatoms. The van der Waals surface area contributed by atoms with Gasteiger partial charge < -0.3 is 9.32 Å². The molecule has 3 nitrogen and oxygen atoms in total. The van der Waals surface area contributed by atoms with Crippen molar-refractivity contribution in [3.05, 3.63) is 236 Å². The first kappa shape index (κ1) is 35.7. The normalized spacial score (nSPS) is 11.9. The van der Waals surface area contributed by atoms with Crippen LogP contribution in [0.3, 0.4) is 0 Å². The van der Waals surface area contributed by atoms with Gasteiger partial charge in [-0.2, -0.15) is 0 Å². The van der Waals surface area contributed by atoms with E-state index in [1.54, 1.807) is 0 Å². The molecule has 10 aromatic carbocycles. The van der Waals surface area contributed by atoms with Gasteiger partial charge in [-0.15, -0.1) is 0 Å². The Hall–Kier alpha value is -8.27. The zero-order chi connectivity index (χ0) is 41.1. The molecule has 0 aliphatic heterocycles. The third-order valence-electron chi connectivity index (χ3n) is 12.5.